The molecule has 0 saturated carbocycles. The quantitative estimate of drug-likeness (QED) is 0.394. The van der Waals surface area contributed by atoms with Crippen LogP contribution in [-0.2, 0) is 0 Å². The highest BCUT2D eigenvalue weighted by Gasteiger charge is 2.15. The molecule has 0 aromatic rings. The van der Waals surface area contributed by atoms with Crippen molar-refractivity contribution in [1.82, 2.24) is 4.90 Å². The number of nitrogens with one attached hydrogen (secondary N) is 1. The lowest BCUT2D eigenvalue weighted by Crippen LogP contribution is -2.39. The van der Waals surface area contributed by atoms with Gasteiger partial charge in [0.25, 0.3) is 0 Å². The van der Waals surface area contributed by atoms with Crippen molar-refractivity contribution in [3.8, 4) is 0 Å². The van der Waals surface area contributed by atoms with E-state index in [-0.39, 0.29) is 0 Å². The molecule has 2 heteroatoms. The van der Waals surface area contributed by atoms with Crippen molar-refractivity contribution in [3.63, 3.8) is 0 Å². The van der Waals surface area contributed by atoms with E-state index in [0.29, 0.717) is 12.0 Å². The van der Waals surface area contributed by atoms with Crippen molar-refractivity contribution in [3.05, 3.63) is 0 Å². The zero-order valence-electron chi connectivity index (χ0n) is 10.4. The first-order valence-corrected chi connectivity index (χ1v) is 5.85. The van der Waals surface area contributed by atoms with E-state index in [0.717, 1.165) is 12.4 Å². The molecule has 14 heavy (non-hydrogen) atoms. The van der Waals surface area contributed by atoms with Crippen molar-refractivity contribution < 1.29 is 0 Å². The first-order chi connectivity index (χ1) is 6.50. The maximum absolute atomic E-state index is 7.99. The Labute approximate surface area is 89.2 Å². The summed E-state index contributed by atoms with van der Waals surface area (Å²) in [5, 5.41) is 7.99. The fourth-order valence-electron chi connectivity index (χ4n) is 1.52. The summed E-state index contributed by atoms with van der Waals surface area (Å²) in [6.07, 6.45) is 3.74. The predicted octanol–water partition coefficient (Wildman–Crippen LogP) is 3.52. The lowest BCUT2D eigenvalue weighted by molar-refractivity contribution is 0.324. The number of unbranched alkanes of at least 4 members (excludes halogenated alkanes) is 2. The highest BCUT2D eigenvalue weighted by molar-refractivity contribution is 5.81. The van der Waals surface area contributed by atoms with E-state index >= 15 is 0 Å². The third kappa shape index (κ3) is 4.64. The van der Waals surface area contributed by atoms with E-state index in [1.165, 1.54) is 19.3 Å². The number of hydrogen-bond acceptors (Lipinski definition) is 1. The summed E-state index contributed by atoms with van der Waals surface area (Å²) in [6, 6.07) is 0.460. The molecule has 0 unspecified atom stereocenters. The molecule has 0 fully saturated rings. The van der Waals surface area contributed by atoms with Gasteiger partial charge < -0.3 is 4.90 Å². The van der Waals surface area contributed by atoms with E-state index < -0.39 is 0 Å². The van der Waals surface area contributed by atoms with Crippen molar-refractivity contribution in [2.24, 2.45) is 5.92 Å². The van der Waals surface area contributed by atoms with E-state index in [1.54, 1.807) is 0 Å². The van der Waals surface area contributed by atoms with Gasteiger partial charge in [0.15, 0.2) is 0 Å². The number of rotatable bonds is 6. The molecule has 0 heterocycles. The van der Waals surface area contributed by atoms with E-state index in [2.05, 4.69) is 39.5 Å². The molecule has 0 aliphatic rings. The second-order valence-electron chi connectivity index (χ2n) is 4.53. The number of hydrogen-bond donors (Lipinski definition) is 1. The molecule has 0 rings (SSSR count). The van der Waals surface area contributed by atoms with Crippen LogP contribution in [0.15, 0.2) is 0 Å². The smallest absolute Gasteiger partial charge is 0.0986 e. The maximum Gasteiger partial charge on any atom is 0.0986 e. The summed E-state index contributed by atoms with van der Waals surface area (Å²) in [5.41, 5.74) is 0. The van der Waals surface area contributed by atoms with Crippen molar-refractivity contribution in [2.45, 2.75) is 59.9 Å². The highest BCUT2D eigenvalue weighted by Crippen LogP contribution is 2.09. The highest BCUT2D eigenvalue weighted by atomic mass is 15.2. The first-order valence-electron chi connectivity index (χ1n) is 5.85. The van der Waals surface area contributed by atoms with Crippen LogP contribution in [0.3, 0.4) is 0 Å². The third-order valence-electron chi connectivity index (χ3n) is 2.48. The van der Waals surface area contributed by atoms with Gasteiger partial charge >= 0.3 is 0 Å². The van der Waals surface area contributed by atoms with E-state index in [1.807, 2.05) is 0 Å². The number of amidine groups is 1. The standard InChI is InChI=1S/C12H26N2/c1-6-7-8-9-14(11(4)5)12(13)10(2)3/h10-11,13H,6-9H2,1-5H3. The van der Waals surface area contributed by atoms with Crippen LogP contribution in [0.5, 0.6) is 0 Å². The van der Waals surface area contributed by atoms with Crippen LogP contribution < -0.4 is 0 Å². The molecular formula is C12H26N2. The second-order valence-corrected chi connectivity index (χ2v) is 4.53. The summed E-state index contributed by atoms with van der Waals surface area (Å²) in [7, 11) is 0. The van der Waals surface area contributed by atoms with Gasteiger partial charge in [-0.05, 0) is 20.3 Å². The molecule has 0 aliphatic heterocycles. The Bertz CT molecular complexity index is 162. The molecular weight excluding hydrogens is 172 g/mol. The SMILES string of the molecule is CCCCCN(C(=N)C(C)C)C(C)C. The summed E-state index contributed by atoms with van der Waals surface area (Å²) >= 11 is 0. The molecule has 0 aliphatic carbocycles. The minimum absolute atomic E-state index is 0.346. The van der Waals surface area contributed by atoms with Gasteiger partial charge in [-0.2, -0.15) is 0 Å². The van der Waals surface area contributed by atoms with Crippen LogP contribution in [0.4, 0.5) is 0 Å². The zero-order valence-corrected chi connectivity index (χ0v) is 10.4. The predicted molar refractivity (Wildman–Crippen MR) is 63.9 cm³/mol. The Hall–Kier alpha value is -0.530. The van der Waals surface area contributed by atoms with Crippen LogP contribution in [-0.4, -0.2) is 23.3 Å². The maximum atomic E-state index is 7.99. The van der Waals surface area contributed by atoms with Gasteiger partial charge in [-0.3, -0.25) is 5.41 Å². The van der Waals surface area contributed by atoms with Gasteiger partial charge in [-0.25, -0.2) is 0 Å². The Balaban J connectivity index is 4.09. The summed E-state index contributed by atoms with van der Waals surface area (Å²) in [6.45, 7) is 11.8. The molecule has 0 atom stereocenters. The van der Waals surface area contributed by atoms with E-state index in [4.69, 9.17) is 5.41 Å². The molecule has 0 aromatic carbocycles. The van der Waals surface area contributed by atoms with Crippen LogP contribution in [0.25, 0.3) is 0 Å². The molecule has 0 spiro atoms. The van der Waals surface area contributed by atoms with Gasteiger partial charge in [-0.1, -0.05) is 33.6 Å². The van der Waals surface area contributed by atoms with E-state index in [9.17, 15) is 0 Å². The van der Waals surface area contributed by atoms with Gasteiger partial charge in [0, 0.05) is 18.5 Å². The molecule has 2 nitrogen and oxygen atoms in total. The average molecular weight is 198 g/mol. The van der Waals surface area contributed by atoms with Gasteiger partial charge in [0.2, 0.25) is 0 Å². The largest absolute Gasteiger partial charge is 0.358 e. The molecule has 0 amide bonds. The van der Waals surface area contributed by atoms with Crippen LogP contribution in [0.1, 0.15) is 53.9 Å². The number of nitrogens with zero attached hydrogens (tertiary/aromatic N) is 1. The molecule has 1 N–H and O–H groups in total. The first kappa shape index (κ1) is 13.5. The van der Waals surface area contributed by atoms with Gasteiger partial charge in [-0.15, -0.1) is 0 Å². The molecule has 0 radical (unpaired) electrons. The Morgan fingerprint density at radius 3 is 2.07 bits per heavy atom. The molecule has 0 bridgehead atoms. The van der Waals surface area contributed by atoms with Crippen LogP contribution >= 0.6 is 0 Å². The fourth-order valence-corrected chi connectivity index (χ4v) is 1.52. The van der Waals surface area contributed by atoms with Gasteiger partial charge in [0.1, 0.15) is 0 Å². The minimum atomic E-state index is 0.346. The second kappa shape index (κ2) is 6.86. The Morgan fingerprint density at radius 2 is 1.71 bits per heavy atom. The monoisotopic (exact) mass is 198 g/mol. The third-order valence-corrected chi connectivity index (χ3v) is 2.48. The van der Waals surface area contributed by atoms with Gasteiger partial charge in [0.05, 0.1) is 5.84 Å². The normalized spacial score (nSPS) is 11.1. The zero-order chi connectivity index (χ0) is 11.1. The van der Waals surface area contributed by atoms with Crippen molar-refractivity contribution in [1.29, 1.82) is 5.41 Å². The van der Waals surface area contributed by atoms with Crippen molar-refractivity contribution in [2.75, 3.05) is 6.54 Å². The minimum Gasteiger partial charge on any atom is -0.358 e. The molecule has 0 saturated heterocycles. The summed E-state index contributed by atoms with van der Waals surface area (Å²) < 4.78 is 0. The Morgan fingerprint density at radius 1 is 1.14 bits per heavy atom. The molecule has 84 valence electrons. The molecule has 0 aromatic heterocycles. The van der Waals surface area contributed by atoms with Crippen LogP contribution in [0.2, 0.25) is 0 Å². The fraction of sp³-hybridized carbons (Fsp3) is 0.917. The lowest BCUT2D eigenvalue weighted by atomic mass is 10.1. The lowest BCUT2D eigenvalue weighted by Gasteiger charge is -2.31. The average Bonchev–Trinajstić information content (AvgIpc) is 2.10. The topological polar surface area (TPSA) is 27.1 Å². The Kier molecular flexibility index (Phi) is 6.60. The van der Waals surface area contributed by atoms with Crippen molar-refractivity contribution >= 4 is 5.84 Å². The summed E-state index contributed by atoms with van der Waals surface area (Å²) in [4.78, 5) is 2.22. The van der Waals surface area contributed by atoms with Crippen LogP contribution in [0, 0.1) is 11.3 Å². The summed E-state index contributed by atoms with van der Waals surface area (Å²) in [5.74, 6) is 1.13.